The van der Waals surface area contributed by atoms with Crippen LogP contribution in [0.2, 0.25) is 0 Å². The molecule has 0 saturated carbocycles. The van der Waals surface area contributed by atoms with Crippen LogP contribution >= 0.6 is 0 Å². The van der Waals surface area contributed by atoms with Crippen LogP contribution in [0.3, 0.4) is 0 Å². The normalized spacial score (nSPS) is 29.4. The van der Waals surface area contributed by atoms with Crippen LogP contribution in [0.1, 0.15) is 33.3 Å². The standard InChI is InChI=1S/C16H22O4/c1-12-14(17)16(4,20-15(2,3)19-12)11-18-10-13-8-6-5-7-9-13/h5-9,12H,10-11H2,1-4H3/t12-,16-/m0/s1. The first-order valence-electron chi connectivity index (χ1n) is 6.86. The topological polar surface area (TPSA) is 44.8 Å². The van der Waals surface area contributed by atoms with Crippen molar-refractivity contribution in [2.24, 2.45) is 0 Å². The minimum Gasteiger partial charge on any atom is -0.373 e. The molecule has 110 valence electrons. The minimum absolute atomic E-state index is 0.0788. The first-order chi connectivity index (χ1) is 9.32. The number of hydrogen-bond donors (Lipinski definition) is 0. The number of rotatable bonds is 4. The largest absolute Gasteiger partial charge is 0.373 e. The Morgan fingerprint density at radius 2 is 1.85 bits per heavy atom. The molecule has 0 amide bonds. The van der Waals surface area contributed by atoms with E-state index in [0.29, 0.717) is 6.61 Å². The molecule has 4 heteroatoms. The molecule has 20 heavy (non-hydrogen) atoms. The fourth-order valence-electron chi connectivity index (χ4n) is 2.56. The molecule has 2 rings (SSSR count). The van der Waals surface area contributed by atoms with E-state index >= 15 is 0 Å². The average Bonchev–Trinajstić information content (AvgIpc) is 2.36. The lowest BCUT2D eigenvalue weighted by molar-refractivity contribution is -0.308. The van der Waals surface area contributed by atoms with Gasteiger partial charge in [-0.2, -0.15) is 0 Å². The van der Waals surface area contributed by atoms with Crippen molar-refractivity contribution in [1.29, 1.82) is 0 Å². The fraction of sp³-hybridized carbons (Fsp3) is 0.562. The van der Waals surface area contributed by atoms with Crippen LogP contribution in [0, 0.1) is 0 Å². The van der Waals surface area contributed by atoms with Gasteiger partial charge in [-0.05, 0) is 33.3 Å². The molecule has 0 N–H and O–H groups in total. The molecule has 1 aliphatic heterocycles. The third-order valence-electron chi connectivity index (χ3n) is 3.31. The van der Waals surface area contributed by atoms with Crippen molar-refractivity contribution in [2.75, 3.05) is 6.61 Å². The summed E-state index contributed by atoms with van der Waals surface area (Å²) in [5.41, 5.74) is 0.110. The van der Waals surface area contributed by atoms with Crippen LogP contribution in [0.25, 0.3) is 0 Å². The van der Waals surface area contributed by atoms with E-state index in [9.17, 15) is 4.79 Å². The van der Waals surface area contributed by atoms with E-state index in [0.717, 1.165) is 5.56 Å². The highest BCUT2D eigenvalue weighted by Gasteiger charge is 2.48. The molecule has 0 radical (unpaired) electrons. The number of ketones is 1. The van der Waals surface area contributed by atoms with Gasteiger partial charge in [-0.15, -0.1) is 0 Å². The predicted molar refractivity (Wildman–Crippen MR) is 75.2 cm³/mol. The minimum atomic E-state index is -0.962. The van der Waals surface area contributed by atoms with Gasteiger partial charge < -0.3 is 14.2 Å². The SMILES string of the molecule is C[C@@H]1OC(C)(C)O[C@@](C)(COCc2ccccc2)C1=O. The van der Waals surface area contributed by atoms with Gasteiger partial charge in [0.1, 0.15) is 6.10 Å². The highest BCUT2D eigenvalue weighted by Crippen LogP contribution is 2.31. The second kappa shape index (κ2) is 5.64. The van der Waals surface area contributed by atoms with Crippen LogP contribution in [0.5, 0.6) is 0 Å². The van der Waals surface area contributed by atoms with Crippen molar-refractivity contribution in [1.82, 2.24) is 0 Å². The van der Waals surface area contributed by atoms with Gasteiger partial charge in [0, 0.05) is 0 Å². The van der Waals surface area contributed by atoms with E-state index in [1.807, 2.05) is 44.2 Å². The van der Waals surface area contributed by atoms with E-state index in [1.54, 1.807) is 13.8 Å². The molecule has 1 saturated heterocycles. The Hall–Kier alpha value is -1.23. The third kappa shape index (κ3) is 3.45. The molecule has 1 fully saturated rings. The van der Waals surface area contributed by atoms with Crippen LogP contribution in [0.4, 0.5) is 0 Å². The monoisotopic (exact) mass is 278 g/mol. The van der Waals surface area contributed by atoms with Gasteiger partial charge in [-0.3, -0.25) is 4.79 Å². The van der Waals surface area contributed by atoms with Crippen LogP contribution in [-0.2, 0) is 25.6 Å². The van der Waals surface area contributed by atoms with Gasteiger partial charge >= 0.3 is 0 Å². The summed E-state index contributed by atoms with van der Waals surface area (Å²) in [6.07, 6.45) is -0.482. The average molecular weight is 278 g/mol. The van der Waals surface area contributed by atoms with Crippen molar-refractivity contribution in [3.63, 3.8) is 0 Å². The Balaban J connectivity index is 1.97. The second-order valence-corrected chi connectivity index (χ2v) is 5.84. The van der Waals surface area contributed by atoms with Crippen molar-refractivity contribution in [3.8, 4) is 0 Å². The maximum atomic E-state index is 12.2. The van der Waals surface area contributed by atoms with Crippen molar-refractivity contribution < 1.29 is 19.0 Å². The zero-order valence-corrected chi connectivity index (χ0v) is 12.5. The molecule has 1 aromatic rings. The Morgan fingerprint density at radius 1 is 1.20 bits per heavy atom. The lowest BCUT2D eigenvalue weighted by atomic mass is 9.95. The molecule has 1 aromatic carbocycles. The highest BCUT2D eigenvalue weighted by molar-refractivity contribution is 5.91. The van der Waals surface area contributed by atoms with Gasteiger partial charge in [0.05, 0.1) is 13.2 Å². The molecule has 1 aliphatic rings. The van der Waals surface area contributed by atoms with Crippen molar-refractivity contribution in [3.05, 3.63) is 35.9 Å². The van der Waals surface area contributed by atoms with Crippen molar-refractivity contribution >= 4 is 5.78 Å². The molecule has 1 heterocycles. The van der Waals surface area contributed by atoms with Crippen LogP contribution in [0.15, 0.2) is 30.3 Å². The number of carbonyl (C=O) groups is 1. The second-order valence-electron chi connectivity index (χ2n) is 5.84. The molecule has 4 nitrogen and oxygen atoms in total. The maximum absolute atomic E-state index is 12.2. The Labute approximate surface area is 120 Å². The number of ether oxygens (including phenoxy) is 3. The summed E-state index contributed by atoms with van der Waals surface area (Å²) in [4.78, 5) is 12.2. The van der Waals surface area contributed by atoms with Gasteiger partial charge in [0.25, 0.3) is 0 Å². The summed E-state index contributed by atoms with van der Waals surface area (Å²) in [5.74, 6) is -0.858. The number of carbonyl (C=O) groups excluding carboxylic acids is 1. The van der Waals surface area contributed by atoms with E-state index in [4.69, 9.17) is 14.2 Å². The Kier molecular flexibility index (Phi) is 4.28. The predicted octanol–water partition coefficient (Wildman–Crippen LogP) is 2.70. The molecular weight excluding hydrogens is 256 g/mol. The summed E-state index contributed by atoms with van der Waals surface area (Å²) >= 11 is 0. The number of hydrogen-bond acceptors (Lipinski definition) is 4. The summed E-state index contributed by atoms with van der Waals surface area (Å²) in [7, 11) is 0. The van der Waals surface area contributed by atoms with Crippen molar-refractivity contribution in [2.45, 2.75) is 51.8 Å². The molecule has 0 spiro atoms. The quantitative estimate of drug-likeness (QED) is 0.849. The van der Waals surface area contributed by atoms with E-state index in [-0.39, 0.29) is 12.4 Å². The van der Waals surface area contributed by atoms with Gasteiger partial charge in [0.15, 0.2) is 17.2 Å². The van der Waals surface area contributed by atoms with Crippen LogP contribution in [-0.4, -0.2) is 29.9 Å². The summed E-state index contributed by atoms with van der Waals surface area (Å²) in [6.45, 7) is 7.82. The smallest absolute Gasteiger partial charge is 0.195 e. The lowest BCUT2D eigenvalue weighted by Crippen LogP contribution is -2.59. The highest BCUT2D eigenvalue weighted by atomic mass is 16.7. The first kappa shape index (κ1) is 15.2. The maximum Gasteiger partial charge on any atom is 0.195 e. The zero-order chi connectivity index (χ0) is 14.8. The molecule has 0 bridgehead atoms. The number of benzene rings is 1. The fourth-order valence-corrected chi connectivity index (χ4v) is 2.56. The molecular formula is C16H22O4. The molecule has 0 unspecified atom stereocenters. The number of Topliss-reactive ketones (excluding diaryl/α,β-unsaturated/α-hetero) is 1. The molecule has 2 atom stereocenters. The van der Waals surface area contributed by atoms with E-state index < -0.39 is 17.5 Å². The van der Waals surface area contributed by atoms with Gasteiger partial charge in [0.2, 0.25) is 0 Å². The van der Waals surface area contributed by atoms with Gasteiger partial charge in [-0.25, -0.2) is 0 Å². The van der Waals surface area contributed by atoms with Gasteiger partial charge in [-0.1, -0.05) is 30.3 Å². The van der Waals surface area contributed by atoms with E-state index in [1.165, 1.54) is 0 Å². The Bertz CT molecular complexity index is 469. The zero-order valence-electron chi connectivity index (χ0n) is 12.5. The Morgan fingerprint density at radius 3 is 2.50 bits per heavy atom. The lowest BCUT2D eigenvalue weighted by Gasteiger charge is -2.44. The molecule has 0 aliphatic carbocycles. The first-order valence-corrected chi connectivity index (χ1v) is 6.86. The third-order valence-corrected chi connectivity index (χ3v) is 3.31. The summed E-state index contributed by atoms with van der Waals surface area (Å²) in [5, 5.41) is 0. The summed E-state index contributed by atoms with van der Waals surface area (Å²) < 4.78 is 17.0. The molecule has 0 aromatic heterocycles. The van der Waals surface area contributed by atoms with Crippen LogP contribution < -0.4 is 0 Å². The van der Waals surface area contributed by atoms with E-state index in [2.05, 4.69) is 0 Å². The summed E-state index contributed by atoms with van der Waals surface area (Å²) in [6, 6.07) is 9.85.